The average molecular weight is 231 g/mol. The molecule has 1 nitrogen and oxygen atoms in total. The Morgan fingerprint density at radius 1 is 1.12 bits per heavy atom. The number of rotatable bonds is 2. The smallest absolute Gasteiger partial charge is 0.0361 e. The van der Waals surface area contributed by atoms with Gasteiger partial charge in [-0.3, -0.25) is 0 Å². The van der Waals surface area contributed by atoms with Crippen molar-refractivity contribution in [1.82, 2.24) is 0 Å². The van der Waals surface area contributed by atoms with E-state index in [9.17, 15) is 0 Å². The molecule has 0 aliphatic heterocycles. The molecule has 2 N–H and O–H groups in total. The number of thiophene rings is 1. The second-order valence-electron chi connectivity index (χ2n) is 4.31. The quantitative estimate of drug-likeness (QED) is 0.829. The standard InChI is InChI=1S/C14H17NS/c1-9-4-5-12(10(2)8-9)14-7-6-13(16-14)11(3)15/h4-8,11H,15H2,1-3H3. The number of hydrogen-bond acceptors (Lipinski definition) is 2. The first-order valence-electron chi connectivity index (χ1n) is 5.51. The Morgan fingerprint density at radius 2 is 1.88 bits per heavy atom. The molecule has 0 spiro atoms. The molecule has 0 amide bonds. The summed E-state index contributed by atoms with van der Waals surface area (Å²) < 4.78 is 0. The summed E-state index contributed by atoms with van der Waals surface area (Å²) >= 11 is 1.79. The predicted molar refractivity (Wildman–Crippen MR) is 71.8 cm³/mol. The van der Waals surface area contributed by atoms with Gasteiger partial charge >= 0.3 is 0 Å². The average Bonchev–Trinajstić information content (AvgIpc) is 2.66. The summed E-state index contributed by atoms with van der Waals surface area (Å²) in [6.07, 6.45) is 0. The molecule has 0 saturated heterocycles. The monoisotopic (exact) mass is 231 g/mol. The zero-order valence-electron chi connectivity index (χ0n) is 9.95. The SMILES string of the molecule is Cc1ccc(-c2ccc(C(C)N)s2)c(C)c1. The highest BCUT2D eigenvalue weighted by molar-refractivity contribution is 7.15. The molecular formula is C14H17NS. The van der Waals surface area contributed by atoms with E-state index in [0.29, 0.717) is 0 Å². The van der Waals surface area contributed by atoms with Crippen molar-refractivity contribution in [2.24, 2.45) is 5.73 Å². The van der Waals surface area contributed by atoms with Gasteiger partial charge in [-0.1, -0.05) is 23.8 Å². The summed E-state index contributed by atoms with van der Waals surface area (Å²) in [7, 11) is 0. The second kappa shape index (κ2) is 4.40. The zero-order chi connectivity index (χ0) is 11.7. The minimum atomic E-state index is 0.129. The van der Waals surface area contributed by atoms with Crippen LogP contribution in [0.3, 0.4) is 0 Å². The van der Waals surface area contributed by atoms with Crippen LogP contribution in [0.25, 0.3) is 10.4 Å². The Hall–Kier alpha value is -1.12. The lowest BCUT2D eigenvalue weighted by Gasteiger charge is -2.04. The number of nitrogens with two attached hydrogens (primary N) is 1. The topological polar surface area (TPSA) is 26.0 Å². The van der Waals surface area contributed by atoms with Crippen LogP contribution in [0, 0.1) is 13.8 Å². The summed E-state index contributed by atoms with van der Waals surface area (Å²) in [6.45, 7) is 6.31. The van der Waals surface area contributed by atoms with Crippen LogP contribution < -0.4 is 5.73 Å². The van der Waals surface area contributed by atoms with E-state index in [0.717, 1.165) is 0 Å². The maximum Gasteiger partial charge on any atom is 0.0361 e. The van der Waals surface area contributed by atoms with Crippen LogP contribution >= 0.6 is 11.3 Å². The van der Waals surface area contributed by atoms with E-state index < -0.39 is 0 Å². The minimum Gasteiger partial charge on any atom is -0.324 e. The molecule has 2 heteroatoms. The fraction of sp³-hybridized carbons (Fsp3) is 0.286. The number of aryl methyl sites for hydroxylation is 2. The third kappa shape index (κ3) is 2.18. The van der Waals surface area contributed by atoms with Crippen molar-refractivity contribution in [3.63, 3.8) is 0 Å². The summed E-state index contributed by atoms with van der Waals surface area (Å²) in [6, 6.07) is 11.0. The first-order valence-corrected chi connectivity index (χ1v) is 6.32. The van der Waals surface area contributed by atoms with E-state index in [1.165, 1.54) is 26.4 Å². The molecule has 0 radical (unpaired) electrons. The number of hydrogen-bond donors (Lipinski definition) is 1. The van der Waals surface area contributed by atoms with E-state index in [1.807, 2.05) is 6.92 Å². The molecule has 2 aromatic rings. The predicted octanol–water partition coefficient (Wildman–Crippen LogP) is 4.05. The van der Waals surface area contributed by atoms with Gasteiger partial charge in [-0.15, -0.1) is 11.3 Å². The largest absolute Gasteiger partial charge is 0.324 e. The van der Waals surface area contributed by atoms with Crippen molar-refractivity contribution in [3.8, 4) is 10.4 Å². The third-order valence-corrected chi connectivity index (χ3v) is 4.04. The second-order valence-corrected chi connectivity index (χ2v) is 5.42. The Bertz CT molecular complexity index is 497. The molecule has 0 aliphatic carbocycles. The highest BCUT2D eigenvalue weighted by atomic mass is 32.1. The highest BCUT2D eigenvalue weighted by Crippen LogP contribution is 2.32. The molecule has 2 rings (SSSR count). The van der Waals surface area contributed by atoms with Gasteiger partial charge in [0.15, 0.2) is 0 Å². The van der Waals surface area contributed by atoms with Crippen molar-refractivity contribution >= 4 is 11.3 Å². The summed E-state index contributed by atoms with van der Waals surface area (Å²) in [5.74, 6) is 0. The van der Waals surface area contributed by atoms with Crippen molar-refractivity contribution < 1.29 is 0 Å². The van der Waals surface area contributed by atoms with Crippen LogP contribution in [0.15, 0.2) is 30.3 Å². The molecule has 1 heterocycles. The van der Waals surface area contributed by atoms with Gasteiger partial charge in [-0.05, 0) is 44.0 Å². The van der Waals surface area contributed by atoms with Gasteiger partial charge in [0.2, 0.25) is 0 Å². The summed E-state index contributed by atoms with van der Waals surface area (Å²) in [5.41, 5.74) is 9.84. The van der Waals surface area contributed by atoms with Gasteiger partial charge < -0.3 is 5.73 Å². The van der Waals surface area contributed by atoms with Gasteiger partial charge in [-0.25, -0.2) is 0 Å². The molecule has 1 aromatic heterocycles. The van der Waals surface area contributed by atoms with Crippen LogP contribution in [0.4, 0.5) is 0 Å². The molecular weight excluding hydrogens is 214 g/mol. The Labute approximate surface area is 101 Å². The van der Waals surface area contributed by atoms with E-state index in [1.54, 1.807) is 11.3 Å². The van der Waals surface area contributed by atoms with Gasteiger partial charge in [0.1, 0.15) is 0 Å². The highest BCUT2D eigenvalue weighted by Gasteiger charge is 2.07. The molecule has 1 atom stereocenters. The van der Waals surface area contributed by atoms with E-state index >= 15 is 0 Å². The first kappa shape index (κ1) is 11.4. The minimum absolute atomic E-state index is 0.129. The zero-order valence-corrected chi connectivity index (χ0v) is 10.8. The van der Waals surface area contributed by atoms with Crippen LogP contribution in [0.2, 0.25) is 0 Å². The molecule has 1 aromatic carbocycles. The third-order valence-electron chi connectivity index (χ3n) is 2.72. The van der Waals surface area contributed by atoms with Gasteiger partial charge in [0, 0.05) is 15.8 Å². The van der Waals surface area contributed by atoms with Crippen molar-refractivity contribution in [2.75, 3.05) is 0 Å². The van der Waals surface area contributed by atoms with Gasteiger partial charge in [0.05, 0.1) is 0 Å². The molecule has 0 bridgehead atoms. The van der Waals surface area contributed by atoms with Crippen molar-refractivity contribution in [1.29, 1.82) is 0 Å². The Morgan fingerprint density at radius 3 is 2.44 bits per heavy atom. The van der Waals surface area contributed by atoms with Crippen molar-refractivity contribution in [3.05, 3.63) is 46.3 Å². The Kier molecular flexibility index (Phi) is 3.13. The summed E-state index contributed by atoms with van der Waals surface area (Å²) in [4.78, 5) is 2.56. The molecule has 0 aliphatic rings. The van der Waals surface area contributed by atoms with Crippen LogP contribution in [0.5, 0.6) is 0 Å². The molecule has 0 saturated carbocycles. The Balaban J connectivity index is 2.42. The van der Waals surface area contributed by atoms with Crippen LogP contribution in [0.1, 0.15) is 29.0 Å². The molecule has 84 valence electrons. The summed E-state index contributed by atoms with van der Waals surface area (Å²) in [5, 5.41) is 0. The lowest BCUT2D eigenvalue weighted by Crippen LogP contribution is -2.01. The number of benzene rings is 1. The lowest BCUT2D eigenvalue weighted by molar-refractivity contribution is 0.838. The maximum absolute atomic E-state index is 5.88. The van der Waals surface area contributed by atoms with Crippen molar-refractivity contribution in [2.45, 2.75) is 26.8 Å². The van der Waals surface area contributed by atoms with E-state index in [-0.39, 0.29) is 6.04 Å². The molecule has 1 unspecified atom stereocenters. The van der Waals surface area contributed by atoms with E-state index in [4.69, 9.17) is 5.73 Å². The lowest BCUT2D eigenvalue weighted by atomic mass is 10.0. The molecule has 0 fully saturated rings. The fourth-order valence-corrected chi connectivity index (χ4v) is 2.88. The van der Waals surface area contributed by atoms with E-state index in [2.05, 4.69) is 44.2 Å². The molecule has 16 heavy (non-hydrogen) atoms. The van der Waals surface area contributed by atoms with Gasteiger partial charge in [-0.2, -0.15) is 0 Å². The normalized spacial score (nSPS) is 12.8. The van der Waals surface area contributed by atoms with Gasteiger partial charge in [0.25, 0.3) is 0 Å². The first-order chi connectivity index (χ1) is 7.58. The van der Waals surface area contributed by atoms with Crippen LogP contribution in [-0.4, -0.2) is 0 Å². The maximum atomic E-state index is 5.88. The fourth-order valence-electron chi connectivity index (χ4n) is 1.83. The van der Waals surface area contributed by atoms with Crippen LogP contribution in [-0.2, 0) is 0 Å².